The molecule has 54 valence electrons. The van der Waals surface area contributed by atoms with Gasteiger partial charge >= 0.3 is 0 Å². The monoisotopic (exact) mass is 128 g/mol. The highest BCUT2D eigenvalue weighted by atomic mass is 16.3. The zero-order chi connectivity index (χ0) is 7.28. The first-order valence-electron chi connectivity index (χ1n) is 3.58. The van der Waals surface area contributed by atoms with Crippen LogP contribution in [0, 0.1) is 0 Å². The molecule has 0 rings (SSSR count). The van der Waals surface area contributed by atoms with Gasteiger partial charge in [-0.05, 0) is 18.4 Å². The van der Waals surface area contributed by atoms with Crippen LogP contribution in [0.5, 0.6) is 0 Å². The molecular weight excluding hydrogens is 112 g/mol. The van der Waals surface area contributed by atoms with Gasteiger partial charge in [-0.25, -0.2) is 0 Å². The lowest BCUT2D eigenvalue weighted by Crippen LogP contribution is -2.06. The average Bonchev–Trinajstić information content (AvgIpc) is 1.87. The van der Waals surface area contributed by atoms with E-state index < -0.39 is 0 Å². The zero-order valence-corrected chi connectivity index (χ0v) is 6.35. The third kappa shape index (κ3) is 3.31. The smallest absolute Gasteiger partial charge is 0.0744 e. The Morgan fingerprint density at radius 1 is 1.56 bits per heavy atom. The minimum atomic E-state index is -0.273. The van der Waals surface area contributed by atoms with Crippen molar-refractivity contribution < 1.29 is 5.11 Å². The molecule has 0 heterocycles. The summed E-state index contributed by atoms with van der Waals surface area (Å²) in [4.78, 5) is 0. The van der Waals surface area contributed by atoms with Gasteiger partial charge in [0.25, 0.3) is 0 Å². The molecule has 0 aliphatic rings. The van der Waals surface area contributed by atoms with Crippen molar-refractivity contribution >= 4 is 0 Å². The lowest BCUT2D eigenvalue weighted by atomic mass is 10.1. The van der Waals surface area contributed by atoms with Crippen molar-refractivity contribution in [3.8, 4) is 0 Å². The van der Waals surface area contributed by atoms with Crippen LogP contribution < -0.4 is 0 Å². The molecule has 0 bridgehead atoms. The maximum absolute atomic E-state index is 9.16. The predicted octanol–water partition coefficient (Wildman–Crippen LogP) is 2.11. The number of hydrogen-bond donors (Lipinski definition) is 1. The lowest BCUT2D eigenvalue weighted by molar-refractivity contribution is 0.202. The Labute approximate surface area is 57.4 Å². The van der Waals surface area contributed by atoms with E-state index in [1.807, 2.05) is 6.92 Å². The van der Waals surface area contributed by atoms with Gasteiger partial charge in [0.1, 0.15) is 0 Å². The Morgan fingerprint density at radius 3 is 2.44 bits per heavy atom. The molecule has 0 aromatic rings. The molecule has 0 aliphatic carbocycles. The molecule has 0 aromatic carbocycles. The molecule has 0 spiro atoms. The van der Waals surface area contributed by atoms with E-state index in [0.29, 0.717) is 0 Å². The van der Waals surface area contributed by atoms with E-state index in [-0.39, 0.29) is 6.10 Å². The summed E-state index contributed by atoms with van der Waals surface area (Å²) in [7, 11) is 0. The second-order valence-electron chi connectivity index (χ2n) is 2.33. The maximum atomic E-state index is 9.16. The van der Waals surface area contributed by atoms with Crippen LogP contribution in [-0.2, 0) is 0 Å². The van der Waals surface area contributed by atoms with E-state index in [9.17, 15) is 0 Å². The maximum Gasteiger partial charge on any atom is 0.0744 e. The quantitative estimate of drug-likeness (QED) is 0.575. The van der Waals surface area contributed by atoms with Crippen LogP contribution in [0.4, 0.5) is 0 Å². The van der Waals surface area contributed by atoms with Gasteiger partial charge < -0.3 is 5.11 Å². The second-order valence-corrected chi connectivity index (χ2v) is 2.33. The minimum absolute atomic E-state index is 0.273. The first kappa shape index (κ1) is 8.70. The summed E-state index contributed by atoms with van der Waals surface area (Å²) in [6.45, 7) is 7.82. The third-order valence-corrected chi connectivity index (χ3v) is 1.43. The molecule has 0 aliphatic heterocycles. The van der Waals surface area contributed by atoms with E-state index in [1.54, 1.807) is 0 Å². The van der Waals surface area contributed by atoms with Gasteiger partial charge in [-0.2, -0.15) is 0 Å². The molecule has 0 aromatic heterocycles. The summed E-state index contributed by atoms with van der Waals surface area (Å²) < 4.78 is 0. The number of rotatable bonds is 4. The van der Waals surface area contributed by atoms with Crippen molar-refractivity contribution in [1.82, 2.24) is 0 Å². The van der Waals surface area contributed by atoms with E-state index in [2.05, 4.69) is 13.5 Å². The molecule has 1 heteroatoms. The molecule has 0 saturated heterocycles. The standard InChI is InChI=1S/C8H16O/c1-4-6-7(3)8(9)5-2/h8-9H,3-6H2,1-2H3. The van der Waals surface area contributed by atoms with E-state index in [4.69, 9.17) is 5.11 Å². The van der Waals surface area contributed by atoms with Gasteiger partial charge in [0.15, 0.2) is 0 Å². The molecule has 1 unspecified atom stereocenters. The fourth-order valence-electron chi connectivity index (χ4n) is 0.776. The van der Waals surface area contributed by atoms with Crippen molar-refractivity contribution in [3.05, 3.63) is 12.2 Å². The second kappa shape index (κ2) is 4.57. The van der Waals surface area contributed by atoms with Crippen LogP contribution in [0.3, 0.4) is 0 Å². The molecule has 0 amide bonds. The minimum Gasteiger partial charge on any atom is -0.389 e. The van der Waals surface area contributed by atoms with Gasteiger partial charge in [-0.1, -0.05) is 26.8 Å². The Kier molecular flexibility index (Phi) is 4.41. The van der Waals surface area contributed by atoms with Crippen molar-refractivity contribution in [2.75, 3.05) is 0 Å². The highest BCUT2D eigenvalue weighted by Crippen LogP contribution is 2.09. The van der Waals surface area contributed by atoms with Crippen LogP contribution >= 0.6 is 0 Å². The van der Waals surface area contributed by atoms with Gasteiger partial charge in [0.05, 0.1) is 6.10 Å². The predicted molar refractivity (Wildman–Crippen MR) is 40.3 cm³/mol. The third-order valence-electron chi connectivity index (χ3n) is 1.43. The first-order valence-corrected chi connectivity index (χ1v) is 3.58. The summed E-state index contributed by atoms with van der Waals surface area (Å²) in [5.74, 6) is 0. The fourth-order valence-corrected chi connectivity index (χ4v) is 0.776. The largest absolute Gasteiger partial charge is 0.389 e. The molecule has 0 saturated carbocycles. The van der Waals surface area contributed by atoms with Crippen LogP contribution in [0.15, 0.2) is 12.2 Å². The van der Waals surface area contributed by atoms with Gasteiger partial charge in [0.2, 0.25) is 0 Å². The van der Waals surface area contributed by atoms with Crippen molar-refractivity contribution in [1.29, 1.82) is 0 Å². The van der Waals surface area contributed by atoms with Crippen LogP contribution in [0.1, 0.15) is 33.1 Å². The summed E-state index contributed by atoms with van der Waals surface area (Å²) in [5, 5.41) is 9.16. The number of aliphatic hydroxyl groups is 1. The number of hydrogen-bond acceptors (Lipinski definition) is 1. The Morgan fingerprint density at radius 2 is 2.11 bits per heavy atom. The van der Waals surface area contributed by atoms with E-state index in [0.717, 1.165) is 24.8 Å². The Bertz CT molecular complexity index is 86.6. The zero-order valence-electron chi connectivity index (χ0n) is 6.35. The van der Waals surface area contributed by atoms with Crippen molar-refractivity contribution in [2.24, 2.45) is 0 Å². The average molecular weight is 128 g/mol. The summed E-state index contributed by atoms with van der Waals surface area (Å²) in [5.41, 5.74) is 0.972. The Hall–Kier alpha value is -0.300. The van der Waals surface area contributed by atoms with Gasteiger partial charge in [0, 0.05) is 0 Å². The van der Waals surface area contributed by atoms with Crippen LogP contribution in [-0.4, -0.2) is 11.2 Å². The van der Waals surface area contributed by atoms with Crippen LogP contribution in [0.2, 0.25) is 0 Å². The van der Waals surface area contributed by atoms with E-state index >= 15 is 0 Å². The van der Waals surface area contributed by atoms with E-state index in [1.165, 1.54) is 0 Å². The van der Waals surface area contributed by atoms with Crippen LogP contribution in [0.25, 0.3) is 0 Å². The fraction of sp³-hybridized carbons (Fsp3) is 0.750. The molecule has 1 nitrogen and oxygen atoms in total. The molecule has 1 atom stereocenters. The lowest BCUT2D eigenvalue weighted by Gasteiger charge is -2.08. The molecular formula is C8H16O. The summed E-state index contributed by atoms with van der Waals surface area (Å²) >= 11 is 0. The normalized spacial score (nSPS) is 13.2. The summed E-state index contributed by atoms with van der Waals surface area (Å²) in [6, 6.07) is 0. The molecule has 9 heavy (non-hydrogen) atoms. The SMILES string of the molecule is C=C(CCC)C(O)CC. The Balaban J connectivity index is 3.46. The topological polar surface area (TPSA) is 20.2 Å². The summed E-state index contributed by atoms with van der Waals surface area (Å²) in [6.07, 6.45) is 2.55. The molecule has 1 N–H and O–H groups in total. The highest BCUT2D eigenvalue weighted by molar-refractivity contribution is 5.00. The number of aliphatic hydroxyl groups excluding tert-OH is 1. The molecule has 0 radical (unpaired) electrons. The van der Waals surface area contributed by atoms with Crippen molar-refractivity contribution in [2.45, 2.75) is 39.2 Å². The van der Waals surface area contributed by atoms with Crippen molar-refractivity contribution in [3.63, 3.8) is 0 Å². The van der Waals surface area contributed by atoms with Gasteiger partial charge in [-0.15, -0.1) is 0 Å². The highest BCUT2D eigenvalue weighted by Gasteiger charge is 2.02. The first-order chi connectivity index (χ1) is 4.22. The van der Waals surface area contributed by atoms with Gasteiger partial charge in [-0.3, -0.25) is 0 Å². The molecule has 0 fully saturated rings.